The molecule has 2 amide bonds. The van der Waals surface area contributed by atoms with Gasteiger partial charge in [0, 0.05) is 30.4 Å². The first-order valence-electron chi connectivity index (χ1n) is 14.0. The zero-order valence-electron chi connectivity index (χ0n) is 23.7. The van der Waals surface area contributed by atoms with Crippen LogP contribution in [0, 0.1) is 5.92 Å². The summed E-state index contributed by atoms with van der Waals surface area (Å²) in [6, 6.07) is 13.5. The van der Waals surface area contributed by atoms with E-state index in [0.29, 0.717) is 73.6 Å². The molecule has 1 saturated carbocycles. The van der Waals surface area contributed by atoms with E-state index < -0.39 is 27.3 Å². The van der Waals surface area contributed by atoms with Gasteiger partial charge < -0.3 is 20.3 Å². The van der Waals surface area contributed by atoms with E-state index in [1.165, 1.54) is 18.2 Å². The number of urea groups is 1. The highest BCUT2D eigenvalue weighted by atomic mass is 32.2. The lowest BCUT2D eigenvalue weighted by Gasteiger charge is -2.34. The summed E-state index contributed by atoms with van der Waals surface area (Å²) in [6.45, 7) is 8.16. The van der Waals surface area contributed by atoms with Gasteiger partial charge in [0.2, 0.25) is 0 Å². The van der Waals surface area contributed by atoms with Crippen LogP contribution < -0.4 is 15.5 Å². The van der Waals surface area contributed by atoms with Gasteiger partial charge in [-0.05, 0) is 62.1 Å². The molecule has 5 rings (SSSR count). The maximum Gasteiger partial charge on any atom is 0.417 e. The van der Waals surface area contributed by atoms with Gasteiger partial charge in [0.05, 0.1) is 51.0 Å². The van der Waals surface area contributed by atoms with Crippen molar-refractivity contribution in [1.82, 2.24) is 15.3 Å². The Kier molecular flexibility index (Phi) is 8.56. The van der Waals surface area contributed by atoms with E-state index in [-0.39, 0.29) is 17.0 Å². The Morgan fingerprint density at radius 2 is 1.86 bits per heavy atom. The monoisotopic (exact) mass is 601 g/mol. The molecule has 2 heterocycles. The number of rotatable bonds is 8. The fourth-order valence-electron chi connectivity index (χ4n) is 4.91. The van der Waals surface area contributed by atoms with Crippen LogP contribution in [0.15, 0.2) is 59.5 Å². The number of anilines is 2. The van der Waals surface area contributed by atoms with E-state index in [2.05, 4.69) is 15.5 Å². The zero-order valence-corrected chi connectivity index (χ0v) is 24.5. The largest absolute Gasteiger partial charge is 0.417 e. The normalized spacial score (nSPS) is 18.9. The number of hydrogen-bond acceptors (Lipinski definition) is 6. The van der Waals surface area contributed by atoms with E-state index in [0.717, 1.165) is 6.07 Å². The zero-order chi connectivity index (χ0) is 30.1. The fraction of sp³-hybridized carbons (Fsp3) is 0.433. The number of amides is 2. The molecule has 1 saturated heterocycles. The van der Waals surface area contributed by atoms with E-state index in [1.54, 1.807) is 30.3 Å². The first-order chi connectivity index (χ1) is 20.0. The Balaban J connectivity index is 1.51. The highest BCUT2D eigenvalue weighted by Gasteiger charge is 2.54. The number of nitrogens with zero attached hydrogens (tertiary/aromatic N) is 3. The topological polar surface area (TPSA) is 96.5 Å². The SMILES string of the molecule is CC(C)CNC(=O)Nc1ccc(-c2nc(N3CCOC[C@@H]3C)cc(C3(S(=O)c4ccccc4C(F)(F)F)CC3)n2)cc1. The molecule has 42 heavy (non-hydrogen) atoms. The van der Waals surface area contributed by atoms with Gasteiger partial charge in [-0.3, -0.25) is 4.21 Å². The van der Waals surface area contributed by atoms with Gasteiger partial charge in [0.25, 0.3) is 0 Å². The third kappa shape index (κ3) is 6.44. The standard InChI is InChI=1S/C30H34F3N5O3S/c1-19(2)17-34-28(39)35-22-10-8-21(9-11-22)27-36-25(16-26(37-27)38-14-15-41-18-20(38)3)29(12-13-29)42(40)24-7-5-4-6-23(24)30(31,32)33/h4-11,16,19-20H,12-15,17-18H2,1-3H3,(H2,34,35,39)/t20-,42?/m0/s1. The number of aromatic nitrogens is 2. The highest BCUT2D eigenvalue weighted by molar-refractivity contribution is 7.86. The number of carbonyl (C=O) groups is 1. The van der Waals surface area contributed by atoms with Gasteiger partial charge in [-0.1, -0.05) is 26.0 Å². The maximum absolute atomic E-state index is 13.9. The van der Waals surface area contributed by atoms with Gasteiger partial charge in [-0.2, -0.15) is 13.2 Å². The number of alkyl halides is 3. The number of morpholine rings is 1. The first kappa shape index (κ1) is 30.0. The van der Waals surface area contributed by atoms with Crippen LogP contribution in [-0.2, 0) is 26.5 Å². The molecule has 2 N–H and O–H groups in total. The van der Waals surface area contributed by atoms with Crippen LogP contribution in [0.2, 0.25) is 0 Å². The van der Waals surface area contributed by atoms with E-state index in [4.69, 9.17) is 14.7 Å². The summed E-state index contributed by atoms with van der Waals surface area (Å²) in [4.78, 5) is 23.6. The minimum atomic E-state index is -4.63. The molecule has 2 fully saturated rings. The molecule has 2 aromatic carbocycles. The third-order valence-electron chi connectivity index (χ3n) is 7.36. The number of ether oxygens (including phenoxy) is 1. The number of carbonyl (C=O) groups excluding carboxylic acids is 1. The molecule has 8 nitrogen and oxygen atoms in total. The van der Waals surface area contributed by atoms with Crippen molar-refractivity contribution in [1.29, 1.82) is 0 Å². The van der Waals surface area contributed by atoms with Crippen molar-refractivity contribution in [2.24, 2.45) is 5.92 Å². The molecule has 224 valence electrons. The minimum Gasteiger partial charge on any atom is -0.377 e. The van der Waals surface area contributed by atoms with Gasteiger partial charge >= 0.3 is 12.2 Å². The minimum absolute atomic E-state index is 0.0110. The summed E-state index contributed by atoms with van der Waals surface area (Å²) >= 11 is 0. The van der Waals surface area contributed by atoms with Crippen LogP contribution in [0.5, 0.6) is 0 Å². The molecule has 1 aliphatic heterocycles. The van der Waals surface area contributed by atoms with Gasteiger partial charge in [-0.25, -0.2) is 14.8 Å². The lowest BCUT2D eigenvalue weighted by atomic mass is 10.1. The third-order valence-corrected chi connectivity index (χ3v) is 9.45. The predicted molar refractivity (Wildman–Crippen MR) is 156 cm³/mol. The second kappa shape index (κ2) is 12.0. The predicted octanol–water partition coefficient (Wildman–Crippen LogP) is 5.96. The second-order valence-corrected chi connectivity index (χ2v) is 12.9. The number of halogens is 3. The van der Waals surface area contributed by atoms with Crippen LogP contribution in [0.25, 0.3) is 11.4 Å². The lowest BCUT2D eigenvalue weighted by Crippen LogP contribution is -2.44. The molecular formula is C30H34F3N5O3S. The first-order valence-corrected chi connectivity index (χ1v) is 15.1. The molecule has 0 radical (unpaired) electrons. The Hall–Kier alpha value is -3.51. The molecule has 1 unspecified atom stereocenters. The summed E-state index contributed by atoms with van der Waals surface area (Å²) in [6.07, 6.45) is -3.75. The summed E-state index contributed by atoms with van der Waals surface area (Å²) in [5, 5.41) is 5.60. The Bertz CT molecular complexity index is 1460. The van der Waals surface area contributed by atoms with Crippen molar-refractivity contribution in [3.8, 4) is 11.4 Å². The van der Waals surface area contributed by atoms with Crippen molar-refractivity contribution >= 4 is 28.3 Å². The second-order valence-electron chi connectivity index (χ2n) is 11.1. The van der Waals surface area contributed by atoms with Crippen molar-refractivity contribution in [3.05, 3.63) is 65.9 Å². The molecule has 3 aromatic rings. The van der Waals surface area contributed by atoms with Gasteiger partial charge in [0.15, 0.2) is 5.82 Å². The van der Waals surface area contributed by atoms with Crippen molar-refractivity contribution < 1.29 is 26.9 Å². The maximum atomic E-state index is 13.9. The molecule has 1 aliphatic carbocycles. The average molecular weight is 602 g/mol. The van der Waals surface area contributed by atoms with Crippen LogP contribution in [0.3, 0.4) is 0 Å². The number of nitrogens with one attached hydrogen (secondary N) is 2. The van der Waals surface area contributed by atoms with E-state index in [9.17, 15) is 22.2 Å². The molecule has 12 heteroatoms. The quantitative estimate of drug-likeness (QED) is 0.331. The van der Waals surface area contributed by atoms with Crippen molar-refractivity contribution in [2.75, 3.05) is 36.5 Å². The van der Waals surface area contributed by atoms with E-state index in [1.807, 2.05) is 20.8 Å². The Morgan fingerprint density at radius 1 is 1.14 bits per heavy atom. The van der Waals surface area contributed by atoms with Crippen LogP contribution in [-0.4, -0.2) is 52.6 Å². The lowest BCUT2D eigenvalue weighted by molar-refractivity contribution is -0.139. The molecule has 2 aliphatic rings. The van der Waals surface area contributed by atoms with Crippen molar-refractivity contribution in [3.63, 3.8) is 0 Å². The van der Waals surface area contributed by atoms with Crippen LogP contribution in [0.1, 0.15) is 44.9 Å². The Labute approximate surface area is 245 Å². The summed E-state index contributed by atoms with van der Waals surface area (Å²) in [5.41, 5.74) is 0.796. The molecule has 1 aromatic heterocycles. The molecular weight excluding hydrogens is 567 g/mol. The number of benzene rings is 2. The summed E-state index contributed by atoms with van der Waals surface area (Å²) in [7, 11) is -2.00. The summed E-state index contributed by atoms with van der Waals surface area (Å²) < 4.78 is 60.0. The summed E-state index contributed by atoms with van der Waals surface area (Å²) in [5.74, 6) is 1.29. The van der Waals surface area contributed by atoms with Gasteiger partial charge in [-0.15, -0.1) is 0 Å². The molecule has 0 spiro atoms. The molecule has 0 bridgehead atoms. The van der Waals surface area contributed by atoms with Crippen LogP contribution >= 0.6 is 0 Å². The molecule has 2 atom stereocenters. The van der Waals surface area contributed by atoms with E-state index >= 15 is 0 Å². The van der Waals surface area contributed by atoms with Crippen molar-refractivity contribution in [2.45, 2.75) is 55.5 Å². The number of hydrogen-bond donors (Lipinski definition) is 2. The Morgan fingerprint density at radius 3 is 2.50 bits per heavy atom. The van der Waals surface area contributed by atoms with Gasteiger partial charge in [0.1, 0.15) is 5.82 Å². The highest BCUT2D eigenvalue weighted by Crippen LogP contribution is 2.54. The average Bonchev–Trinajstić information content (AvgIpc) is 3.78. The smallest absolute Gasteiger partial charge is 0.377 e. The fourth-order valence-corrected chi connectivity index (χ4v) is 6.68. The van der Waals surface area contributed by atoms with Crippen LogP contribution in [0.4, 0.5) is 29.5 Å².